The Hall–Kier alpha value is -2.81. The molecular weight excluding hydrogens is 368 g/mol. The maximum atomic E-state index is 12.7. The van der Waals surface area contributed by atoms with Crippen molar-refractivity contribution < 1.29 is 17.6 Å². The molecule has 0 spiro atoms. The summed E-state index contributed by atoms with van der Waals surface area (Å²) >= 11 is 0. The Bertz CT molecular complexity index is 1120. The molecule has 0 saturated heterocycles. The first-order valence-corrected chi connectivity index (χ1v) is 9.82. The fraction of sp³-hybridized carbons (Fsp3) is 0.333. The minimum Gasteiger partial charge on any atom is -0.440 e. The molecule has 27 heavy (non-hydrogen) atoms. The van der Waals surface area contributed by atoms with Crippen molar-refractivity contribution >= 4 is 32.7 Å². The van der Waals surface area contributed by atoms with E-state index in [4.69, 9.17) is 4.42 Å². The second kappa shape index (κ2) is 6.41. The van der Waals surface area contributed by atoms with E-state index in [0.717, 1.165) is 0 Å². The number of rotatable bonds is 4. The Morgan fingerprint density at radius 1 is 1.22 bits per heavy atom. The quantitative estimate of drug-likeness (QED) is 0.712. The van der Waals surface area contributed by atoms with Gasteiger partial charge in [-0.1, -0.05) is 20.8 Å². The molecule has 3 aromatic rings. The third kappa shape index (κ3) is 3.68. The van der Waals surface area contributed by atoms with Gasteiger partial charge in [0.1, 0.15) is 16.1 Å². The van der Waals surface area contributed by atoms with Crippen LogP contribution in [0.5, 0.6) is 0 Å². The Morgan fingerprint density at radius 2 is 1.93 bits per heavy atom. The Kier molecular flexibility index (Phi) is 4.51. The van der Waals surface area contributed by atoms with E-state index in [9.17, 15) is 13.2 Å². The molecule has 2 aromatic heterocycles. The molecule has 3 rings (SSSR count). The molecule has 1 amide bonds. The first kappa shape index (κ1) is 19.0. The predicted octanol–water partition coefficient (Wildman–Crippen LogP) is 2.62. The molecule has 0 radical (unpaired) electrons. The molecule has 9 heteroatoms. The summed E-state index contributed by atoms with van der Waals surface area (Å²) < 4.78 is 35.1. The van der Waals surface area contributed by atoms with Gasteiger partial charge in [0.2, 0.25) is 5.89 Å². The number of nitrogens with zero attached hydrogens (tertiary/aromatic N) is 2. The fourth-order valence-electron chi connectivity index (χ4n) is 2.56. The standard InChI is InChI=1S/C18H22N4O4S/c1-18(2,3)17-20-13-8-11(6-7-15(13)26-17)21-27(24,25)12-9-14(16(23)19-4)22(5)10-12/h6-10,21H,1-5H3,(H,19,23). The first-order chi connectivity index (χ1) is 12.5. The van der Waals surface area contributed by atoms with Gasteiger partial charge in [-0.3, -0.25) is 9.52 Å². The summed E-state index contributed by atoms with van der Waals surface area (Å²) in [6, 6.07) is 6.23. The molecule has 0 bridgehead atoms. The average Bonchev–Trinajstić information content (AvgIpc) is 3.17. The van der Waals surface area contributed by atoms with Crippen LogP contribution in [0.15, 0.2) is 39.8 Å². The van der Waals surface area contributed by atoms with E-state index in [1.807, 2.05) is 20.8 Å². The van der Waals surface area contributed by atoms with Crippen LogP contribution in [0.2, 0.25) is 0 Å². The van der Waals surface area contributed by atoms with Crippen LogP contribution >= 0.6 is 0 Å². The molecule has 0 unspecified atom stereocenters. The summed E-state index contributed by atoms with van der Waals surface area (Å²) in [5.41, 5.74) is 1.52. The number of benzene rings is 1. The SMILES string of the molecule is CNC(=O)c1cc(S(=O)(=O)Nc2ccc3oc(C(C)(C)C)nc3c2)cn1C. The number of aromatic nitrogens is 2. The number of carbonyl (C=O) groups is 1. The van der Waals surface area contributed by atoms with E-state index in [-0.39, 0.29) is 21.9 Å². The van der Waals surface area contributed by atoms with E-state index in [2.05, 4.69) is 15.0 Å². The number of nitrogens with one attached hydrogen (secondary N) is 2. The Balaban J connectivity index is 1.93. The number of fused-ring (bicyclic) bond motifs is 1. The molecular formula is C18H22N4O4S. The Labute approximate surface area is 157 Å². The molecule has 0 saturated carbocycles. The molecule has 144 valence electrons. The molecule has 0 fully saturated rings. The molecule has 0 aliphatic heterocycles. The second-order valence-electron chi connectivity index (χ2n) is 7.31. The van der Waals surface area contributed by atoms with Gasteiger partial charge >= 0.3 is 0 Å². The van der Waals surface area contributed by atoms with Crippen LogP contribution < -0.4 is 10.0 Å². The lowest BCUT2D eigenvalue weighted by Gasteiger charge is -2.11. The van der Waals surface area contributed by atoms with E-state index < -0.39 is 10.0 Å². The summed E-state index contributed by atoms with van der Waals surface area (Å²) in [6.07, 6.45) is 1.39. The van der Waals surface area contributed by atoms with Crippen LogP contribution in [0.3, 0.4) is 0 Å². The van der Waals surface area contributed by atoms with Gasteiger partial charge in [0, 0.05) is 25.7 Å². The minimum atomic E-state index is -3.86. The fourth-order valence-corrected chi connectivity index (χ4v) is 3.68. The summed E-state index contributed by atoms with van der Waals surface area (Å²) in [4.78, 5) is 16.2. The van der Waals surface area contributed by atoms with Gasteiger partial charge in [0.15, 0.2) is 5.58 Å². The highest BCUT2D eigenvalue weighted by atomic mass is 32.2. The van der Waals surface area contributed by atoms with Crippen molar-refractivity contribution in [1.29, 1.82) is 0 Å². The van der Waals surface area contributed by atoms with Crippen molar-refractivity contribution in [2.75, 3.05) is 11.8 Å². The zero-order valence-corrected chi connectivity index (χ0v) is 16.6. The van der Waals surface area contributed by atoms with E-state index in [1.54, 1.807) is 25.2 Å². The topological polar surface area (TPSA) is 106 Å². The second-order valence-corrected chi connectivity index (χ2v) is 8.99. The summed E-state index contributed by atoms with van der Waals surface area (Å²) in [5, 5.41) is 2.48. The lowest BCUT2D eigenvalue weighted by molar-refractivity contribution is 0.0955. The third-order valence-electron chi connectivity index (χ3n) is 4.03. The Morgan fingerprint density at radius 3 is 2.56 bits per heavy atom. The van der Waals surface area contributed by atoms with E-state index >= 15 is 0 Å². The van der Waals surface area contributed by atoms with Crippen LogP contribution in [0.25, 0.3) is 11.1 Å². The minimum absolute atomic E-state index is 0.000713. The maximum Gasteiger partial charge on any atom is 0.267 e. The van der Waals surface area contributed by atoms with Gasteiger partial charge in [-0.05, 0) is 24.3 Å². The van der Waals surface area contributed by atoms with Gasteiger partial charge in [0.05, 0.1) is 5.69 Å². The van der Waals surface area contributed by atoms with E-state index in [0.29, 0.717) is 22.7 Å². The van der Waals surface area contributed by atoms with Crippen molar-refractivity contribution in [1.82, 2.24) is 14.9 Å². The van der Waals surface area contributed by atoms with Crippen LogP contribution in [-0.2, 0) is 22.5 Å². The van der Waals surface area contributed by atoms with Crippen molar-refractivity contribution in [3.8, 4) is 0 Å². The molecule has 8 nitrogen and oxygen atoms in total. The summed E-state index contributed by atoms with van der Waals surface area (Å²) in [5.74, 6) is 0.216. The summed E-state index contributed by atoms with van der Waals surface area (Å²) in [7, 11) is -0.759. The number of aryl methyl sites for hydroxylation is 1. The largest absolute Gasteiger partial charge is 0.440 e. The van der Waals surface area contributed by atoms with Gasteiger partial charge in [-0.2, -0.15) is 0 Å². The highest BCUT2D eigenvalue weighted by Crippen LogP contribution is 2.28. The normalized spacial score (nSPS) is 12.3. The van der Waals surface area contributed by atoms with Gasteiger partial charge in [-0.25, -0.2) is 13.4 Å². The maximum absolute atomic E-state index is 12.7. The molecule has 0 aliphatic rings. The van der Waals surface area contributed by atoms with Gasteiger partial charge < -0.3 is 14.3 Å². The van der Waals surface area contributed by atoms with Crippen LogP contribution in [0.1, 0.15) is 37.2 Å². The van der Waals surface area contributed by atoms with Crippen molar-refractivity contribution in [2.45, 2.75) is 31.1 Å². The van der Waals surface area contributed by atoms with Crippen molar-refractivity contribution in [3.05, 3.63) is 42.0 Å². The van der Waals surface area contributed by atoms with Crippen LogP contribution in [0.4, 0.5) is 5.69 Å². The number of hydrogen-bond acceptors (Lipinski definition) is 5. The lowest BCUT2D eigenvalue weighted by Crippen LogP contribution is -2.20. The van der Waals surface area contributed by atoms with Crippen molar-refractivity contribution in [2.24, 2.45) is 7.05 Å². The number of carbonyl (C=O) groups excluding carboxylic acids is 1. The van der Waals surface area contributed by atoms with E-state index in [1.165, 1.54) is 23.9 Å². The molecule has 2 N–H and O–H groups in total. The lowest BCUT2D eigenvalue weighted by atomic mass is 9.97. The molecule has 0 aliphatic carbocycles. The number of amides is 1. The highest BCUT2D eigenvalue weighted by Gasteiger charge is 2.23. The molecule has 0 atom stereocenters. The van der Waals surface area contributed by atoms with Gasteiger partial charge in [0.25, 0.3) is 15.9 Å². The first-order valence-electron chi connectivity index (χ1n) is 8.33. The molecule has 1 aromatic carbocycles. The zero-order valence-electron chi connectivity index (χ0n) is 15.8. The number of oxazole rings is 1. The monoisotopic (exact) mass is 390 g/mol. The van der Waals surface area contributed by atoms with Crippen LogP contribution in [-0.4, -0.2) is 30.9 Å². The number of hydrogen-bond donors (Lipinski definition) is 2. The van der Waals surface area contributed by atoms with Crippen LogP contribution in [0, 0.1) is 0 Å². The average molecular weight is 390 g/mol. The third-order valence-corrected chi connectivity index (χ3v) is 5.38. The predicted molar refractivity (Wildman–Crippen MR) is 102 cm³/mol. The number of sulfonamides is 1. The zero-order chi connectivity index (χ0) is 20.0. The smallest absolute Gasteiger partial charge is 0.267 e. The molecule has 2 heterocycles. The van der Waals surface area contributed by atoms with Gasteiger partial charge in [-0.15, -0.1) is 0 Å². The highest BCUT2D eigenvalue weighted by molar-refractivity contribution is 7.92. The number of anilines is 1. The van der Waals surface area contributed by atoms with Crippen molar-refractivity contribution in [3.63, 3.8) is 0 Å². The summed E-state index contributed by atoms with van der Waals surface area (Å²) in [6.45, 7) is 5.96.